The summed E-state index contributed by atoms with van der Waals surface area (Å²) in [6.07, 6.45) is 3.35. The Bertz CT molecular complexity index is 748. The predicted molar refractivity (Wildman–Crippen MR) is 91.6 cm³/mol. The van der Waals surface area contributed by atoms with E-state index in [1.165, 1.54) is 0 Å². The number of carbonyl (C=O) groups is 1. The van der Waals surface area contributed by atoms with Gasteiger partial charge in [0.25, 0.3) is 0 Å². The van der Waals surface area contributed by atoms with E-state index in [1.54, 1.807) is 18.2 Å². The van der Waals surface area contributed by atoms with Crippen LogP contribution in [0.5, 0.6) is 5.75 Å². The Kier molecular flexibility index (Phi) is 4.51. The number of hydrogen-bond acceptors (Lipinski definition) is 2. The fourth-order valence-corrected chi connectivity index (χ4v) is 2.61. The fourth-order valence-electron chi connectivity index (χ4n) is 2.61. The van der Waals surface area contributed by atoms with Gasteiger partial charge in [-0.2, -0.15) is 0 Å². The second kappa shape index (κ2) is 6.18. The van der Waals surface area contributed by atoms with Gasteiger partial charge in [-0.25, -0.2) is 0 Å². The summed E-state index contributed by atoms with van der Waals surface area (Å²) in [5.74, 6) is 0.241. The van der Waals surface area contributed by atoms with Crippen LogP contribution >= 0.6 is 0 Å². The Morgan fingerprint density at radius 1 is 0.864 bits per heavy atom. The van der Waals surface area contributed by atoms with Gasteiger partial charge in [0.1, 0.15) is 5.75 Å². The first-order chi connectivity index (χ1) is 10.3. The van der Waals surface area contributed by atoms with Crippen molar-refractivity contribution in [2.75, 3.05) is 0 Å². The summed E-state index contributed by atoms with van der Waals surface area (Å²) in [5, 5.41) is 9.94. The molecule has 114 valence electrons. The molecule has 0 saturated carbocycles. The zero-order valence-corrected chi connectivity index (χ0v) is 13.8. The second-order valence-electron chi connectivity index (χ2n) is 5.93. The minimum atomic E-state index is -0.0242. The summed E-state index contributed by atoms with van der Waals surface area (Å²) in [5.41, 5.74) is 6.75. The Labute approximate surface area is 132 Å². The smallest absolute Gasteiger partial charge is 0.185 e. The Balaban J connectivity index is 2.34. The van der Waals surface area contributed by atoms with E-state index in [9.17, 15) is 9.90 Å². The maximum Gasteiger partial charge on any atom is 0.185 e. The molecule has 0 unspecified atom stereocenters. The summed E-state index contributed by atoms with van der Waals surface area (Å²) in [7, 11) is 0. The molecule has 0 amide bonds. The third-order valence-electron chi connectivity index (χ3n) is 4.15. The van der Waals surface area contributed by atoms with Gasteiger partial charge in [0.2, 0.25) is 0 Å². The minimum Gasteiger partial charge on any atom is -0.508 e. The molecule has 22 heavy (non-hydrogen) atoms. The molecule has 2 aromatic carbocycles. The monoisotopic (exact) mass is 294 g/mol. The lowest BCUT2D eigenvalue weighted by molar-refractivity contribution is 0.104. The van der Waals surface area contributed by atoms with Gasteiger partial charge in [0.05, 0.1) is 0 Å². The first-order valence-corrected chi connectivity index (χ1v) is 7.40. The van der Waals surface area contributed by atoms with Gasteiger partial charge in [0, 0.05) is 5.56 Å². The highest BCUT2D eigenvalue weighted by atomic mass is 16.3. The zero-order valence-electron chi connectivity index (χ0n) is 13.8. The number of aromatic hydroxyl groups is 1. The number of carbonyl (C=O) groups excluding carboxylic acids is 1. The van der Waals surface area contributed by atoms with Crippen LogP contribution in [0.3, 0.4) is 0 Å². The highest BCUT2D eigenvalue weighted by Gasteiger charge is 2.08. The summed E-state index contributed by atoms with van der Waals surface area (Å²) >= 11 is 0. The molecule has 0 saturated heterocycles. The Morgan fingerprint density at radius 2 is 1.45 bits per heavy atom. The average Bonchev–Trinajstić information content (AvgIpc) is 2.46. The molecule has 2 heteroatoms. The van der Waals surface area contributed by atoms with Crippen molar-refractivity contribution in [3.05, 3.63) is 69.3 Å². The van der Waals surface area contributed by atoms with E-state index < -0.39 is 0 Å². The van der Waals surface area contributed by atoms with Crippen LogP contribution in [0.25, 0.3) is 6.08 Å². The van der Waals surface area contributed by atoms with Gasteiger partial charge in [-0.3, -0.25) is 4.79 Å². The van der Waals surface area contributed by atoms with Crippen molar-refractivity contribution >= 4 is 11.9 Å². The minimum absolute atomic E-state index is 0.0242. The van der Waals surface area contributed by atoms with Crippen molar-refractivity contribution in [1.29, 1.82) is 0 Å². The summed E-state index contributed by atoms with van der Waals surface area (Å²) in [4.78, 5) is 12.3. The number of rotatable bonds is 3. The van der Waals surface area contributed by atoms with Crippen molar-refractivity contribution in [2.45, 2.75) is 34.6 Å². The second-order valence-corrected chi connectivity index (χ2v) is 5.93. The molecule has 0 fully saturated rings. The molecule has 0 heterocycles. The predicted octanol–water partition coefficient (Wildman–Crippen LogP) is 4.83. The van der Waals surface area contributed by atoms with E-state index in [0.717, 1.165) is 33.4 Å². The van der Waals surface area contributed by atoms with Crippen LogP contribution in [-0.2, 0) is 0 Å². The van der Waals surface area contributed by atoms with E-state index in [-0.39, 0.29) is 11.5 Å². The van der Waals surface area contributed by atoms with Crippen LogP contribution in [0.4, 0.5) is 0 Å². The number of aryl methyl sites for hydroxylation is 2. The summed E-state index contributed by atoms with van der Waals surface area (Å²) in [6.45, 7) is 9.85. The lowest BCUT2D eigenvalue weighted by Gasteiger charge is -2.10. The van der Waals surface area contributed by atoms with Crippen LogP contribution in [0.15, 0.2) is 30.3 Å². The molecule has 2 rings (SSSR count). The maximum atomic E-state index is 12.3. The molecule has 0 aliphatic rings. The van der Waals surface area contributed by atoms with E-state index >= 15 is 0 Å². The molecule has 2 aromatic rings. The number of ketones is 1. The number of benzene rings is 2. The Morgan fingerprint density at radius 3 is 2.05 bits per heavy atom. The highest BCUT2D eigenvalue weighted by molar-refractivity contribution is 6.07. The van der Waals surface area contributed by atoms with Gasteiger partial charge in [-0.05, 0) is 81.1 Å². The summed E-state index contributed by atoms with van der Waals surface area (Å²) < 4.78 is 0. The SMILES string of the molecule is Cc1cc(C)cc(C(=O)/C=C/c2cc(O)c(C)c(C)c2C)c1. The molecule has 0 spiro atoms. The summed E-state index contributed by atoms with van der Waals surface area (Å²) in [6, 6.07) is 7.55. The fraction of sp³-hybridized carbons (Fsp3) is 0.250. The van der Waals surface area contributed by atoms with Crippen molar-refractivity contribution in [3.8, 4) is 5.75 Å². The first kappa shape index (κ1) is 16.0. The lowest BCUT2D eigenvalue weighted by Crippen LogP contribution is -1.97. The molecule has 0 aliphatic carbocycles. The van der Waals surface area contributed by atoms with Crippen molar-refractivity contribution in [3.63, 3.8) is 0 Å². The molecule has 0 atom stereocenters. The van der Waals surface area contributed by atoms with Crippen LogP contribution in [-0.4, -0.2) is 10.9 Å². The van der Waals surface area contributed by atoms with E-state index in [4.69, 9.17) is 0 Å². The quantitative estimate of drug-likeness (QED) is 0.650. The van der Waals surface area contributed by atoms with Gasteiger partial charge < -0.3 is 5.11 Å². The topological polar surface area (TPSA) is 37.3 Å². The third-order valence-corrected chi connectivity index (χ3v) is 4.15. The van der Waals surface area contributed by atoms with E-state index in [2.05, 4.69) is 0 Å². The van der Waals surface area contributed by atoms with Crippen LogP contribution in [0.2, 0.25) is 0 Å². The molecule has 2 nitrogen and oxygen atoms in total. The molecular formula is C20H22O2. The van der Waals surface area contributed by atoms with Crippen molar-refractivity contribution < 1.29 is 9.90 Å². The van der Waals surface area contributed by atoms with Crippen molar-refractivity contribution in [1.82, 2.24) is 0 Å². The number of hydrogen-bond donors (Lipinski definition) is 1. The molecule has 0 aromatic heterocycles. The number of allylic oxidation sites excluding steroid dienone is 1. The average molecular weight is 294 g/mol. The standard InChI is InChI=1S/C20H22O2/c1-12-8-13(2)10-18(9-12)19(21)7-6-17-11-20(22)16(5)14(3)15(17)4/h6-11,22H,1-5H3/b7-6+. The largest absolute Gasteiger partial charge is 0.508 e. The molecule has 0 radical (unpaired) electrons. The Hall–Kier alpha value is -2.35. The number of phenols is 1. The molecule has 0 aliphatic heterocycles. The highest BCUT2D eigenvalue weighted by Crippen LogP contribution is 2.27. The lowest BCUT2D eigenvalue weighted by atomic mass is 9.97. The van der Waals surface area contributed by atoms with Crippen LogP contribution in [0.1, 0.15) is 43.7 Å². The zero-order chi connectivity index (χ0) is 16.4. The number of phenolic OH excluding ortho intramolecular Hbond substituents is 1. The maximum absolute atomic E-state index is 12.3. The van der Waals surface area contributed by atoms with E-state index in [1.807, 2.05) is 52.8 Å². The van der Waals surface area contributed by atoms with Crippen LogP contribution in [0, 0.1) is 34.6 Å². The van der Waals surface area contributed by atoms with Gasteiger partial charge >= 0.3 is 0 Å². The van der Waals surface area contributed by atoms with Crippen molar-refractivity contribution in [2.24, 2.45) is 0 Å². The molecule has 1 N–H and O–H groups in total. The molecular weight excluding hydrogens is 272 g/mol. The van der Waals surface area contributed by atoms with Gasteiger partial charge in [0.15, 0.2) is 5.78 Å². The normalized spacial score (nSPS) is 11.1. The third kappa shape index (κ3) is 3.28. The van der Waals surface area contributed by atoms with Crippen LogP contribution < -0.4 is 0 Å². The molecule has 0 bridgehead atoms. The van der Waals surface area contributed by atoms with E-state index in [0.29, 0.717) is 5.56 Å². The first-order valence-electron chi connectivity index (χ1n) is 7.40. The van der Waals surface area contributed by atoms with Gasteiger partial charge in [-0.15, -0.1) is 0 Å². The van der Waals surface area contributed by atoms with Gasteiger partial charge in [-0.1, -0.05) is 23.3 Å².